The van der Waals surface area contributed by atoms with Crippen molar-refractivity contribution in [2.45, 2.75) is 26.9 Å². The number of hydrogen-bond acceptors (Lipinski definition) is 3. The van der Waals surface area contributed by atoms with Gasteiger partial charge in [-0.15, -0.1) is 0 Å². The van der Waals surface area contributed by atoms with Gasteiger partial charge in [0, 0.05) is 37.1 Å². The normalized spacial score (nSPS) is 11.2. The summed E-state index contributed by atoms with van der Waals surface area (Å²) < 4.78 is 2.16. The van der Waals surface area contributed by atoms with Crippen LogP contribution in [0.2, 0.25) is 0 Å². The molecule has 4 heteroatoms. The first-order valence-corrected chi connectivity index (χ1v) is 7.31. The largest absolute Gasteiger partial charge is 0.351 e. The number of fused-ring (bicyclic) bond motifs is 1. The Morgan fingerprint density at radius 3 is 2.81 bits per heavy atom. The molecule has 0 fully saturated rings. The van der Waals surface area contributed by atoms with Crippen LogP contribution < -0.4 is 5.32 Å². The lowest BCUT2D eigenvalue weighted by molar-refractivity contribution is 0.526. The number of aromatic nitrogens is 3. The minimum atomic E-state index is 0.596. The van der Waals surface area contributed by atoms with Crippen LogP contribution in [0.4, 0.5) is 5.95 Å². The van der Waals surface area contributed by atoms with E-state index in [9.17, 15) is 0 Å². The van der Waals surface area contributed by atoms with Crippen molar-refractivity contribution < 1.29 is 0 Å². The van der Waals surface area contributed by atoms with E-state index >= 15 is 0 Å². The van der Waals surface area contributed by atoms with Crippen molar-refractivity contribution in [2.24, 2.45) is 5.92 Å². The van der Waals surface area contributed by atoms with E-state index in [1.165, 1.54) is 10.9 Å². The minimum absolute atomic E-state index is 0.596. The quantitative estimate of drug-likeness (QED) is 0.775. The number of pyridine rings is 1. The van der Waals surface area contributed by atoms with Crippen LogP contribution in [0.1, 0.15) is 19.4 Å². The Morgan fingerprint density at radius 1 is 1.10 bits per heavy atom. The molecule has 0 unspecified atom stereocenters. The summed E-state index contributed by atoms with van der Waals surface area (Å²) in [6.45, 7) is 6.11. The van der Waals surface area contributed by atoms with Gasteiger partial charge in [0.05, 0.1) is 5.52 Å². The molecule has 0 spiro atoms. The van der Waals surface area contributed by atoms with Crippen LogP contribution in [0, 0.1) is 5.92 Å². The number of nitrogens with zero attached hydrogens (tertiary/aromatic N) is 3. The zero-order valence-electron chi connectivity index (χ0n) is 12.5. The van der Waals surface area contributed by atoms with Crippen LogP contribution in [0.3, 0.4) is 0 Å². The molecule has 0 saturated heterocycles. The second kappa shape index (κ2) is 5.95. The Morgan fingerprint density at radius 2 is 1.95 bits per heavy atom. The molecule has 3 aromatic rings. The van der Waals surface area contributed by atoms with Gasteiger partial charge in [0.1, 0.15) is 0 Å². The maximum absolute atomic E-state index is 4.48. The maximum Gasteiger partial charge on any atom is 0.203 e. The van der Waals surface area contributed by atoms with Crippen molar-refractivity contribution in [1.29, 1.82) is 0 Å². The first-order chi connectivity index (χ1) is 10.2. The van der Waals surface area contributed by atoms with Gasteiger partial charge in [0.15, 0.2) is 0 Å². The third kappa shape index (κ3) is 3.05. The van der Waals surface area contributed by atoms with Crippen molar-refractivity contribution in [3.05, 3.63) is 54.5 Å². The van der Waals surface area contributed by atoms with Crippen LogP contribution >= 0.6 is 0 Å². The number of hydrogen-bond donors (Lipinski definition) is 1. The molecule has 4 nitrogen and oxygen atoms in total. The average molecular weight is 280 g/mol. The summed E-state index contributed by atoms with van der Waals surface area (Å²) in [4.78, 5) is 8.88. The summed E-state index contributed by atoms with van der Waals surface area (Å²) in [5, 5.41) is 4.59. The fraction of sp³-hybridized carbons (Fsp3) is 0.294. The highest BCUT2D eigenvalue weighted by Gasteiger charge is 2.06. The Labute approximate surface area is 124 Å². The topological polar surface area (TPSA) is 42.7 Å². The Bertz CT molecular complexity index is 725. The van der Waals surface area contributed by atoms with Gasteiger partial charge in [-0.3, -0.25) is 4.98 Å². The maximum atomic E-state index is 4.48. The van der Waals surface area contributed by atoms with E-state index in [-0.39, 0.29) is 0 Å². The van der Waals surface area contributed by atoms with Crippen molar-refractivity contribution >= 4 is 16.9 Å². The van der Waals surface area contributed by atoms with E-state index in [1.807, 2.05) is 24.7 Å². The fourth-order valence-corrected chi connectivity index (χ4v) is 2.50. The lowest BCUT2D eigenvalue weighted by atomic mass is 10.1. The average Bonchev–Trinajstić information content (AvgIpc) is 2.91. The zero-order chi connectivity index (χ0) is 14.7. The minimum Gasteiger partial charge on any atom is -0.351 e. The second-order valence-electron chi connectivity index (χ2n) is 5.64. The molecule has 0 amide bonds. The summed E-state index contributed by atoms with van der Waals surface area (Å²) in [5.41, 5.74) is 2.24. The molecule has 0 saturated carbocycles. The highest BCUT2D eigenvalue weighted by atomic mass is 15.2. The van der Waals surface area contributed by atoms with Crippen LogP contribution in [0.15, 0.2) is 48.9 Å². The number of imidazole rings is 1. The summed E-state index contributed by atoms with van der Waals surface area (Å²) in [7, 11) is 0. The predicted molar refractivity (Wildman–Crippen MR) is 86.1 cm³/mol. The first-order valence-electron chi connectivity index (χ1n) is 7.31. The molecule has 108 valence electrons. The Balaban J connectivity index is 1.79. The molecule has 2 aromatic heterocycles. The van der Waals surface area contributed by atoms with Crippen molar-refractivity contribution in [1.82, 2.24) is 14.5 Å². The van der Waals surface area contributed by atoms with E-state index in [0.717, 1.165) is 24.6 Å². The smallest absolute Gasteiger partial charge is 0.203 e. The molecule has 1 aromatic carbocycles. The van der Waals surface area contributed by atoms with Gasteiger partial charge in [-0.05, 0) is 17.5 Å². The second-order valence-corrected chi connectivity index (χ2v) is 5.64. The molecule has 1 N–H and O–H groups in total. The van der Waals surface area contributed by atoms with Crippen molar-refractivity contribution in [2.75, 3.05) is 5.32 Å². The summed E-state index contributed by atoms with van der Waals surface area (Å²) in [6, 6.07) is 10.3. The number of anilines is 1. The number of benzene rings is 1. The monoisotopic (exact) mass is 280 g/mol. The van der Waals surface area contributed by atoms with Gasteiger partial charge < -0.3 is 9.88 Å². The zero-order valence-corrected chi connectivity index (χ0v) is 12.5. The highest BCUT2D eigenvalue weighted by molar-refractivity contribution is 5.81. The molecule has 21 heavy (non-hydrogen) atoms. The van der Waals surface area contributed by atoms with Crippen LogP contribution in [-0.2, 0) is 13.1 Å². The fourth-order valence-electron chi connectivity index (χ4n) is 2.50. The van der Waals surface area contributed by atoms with E-state index < -0.39 is 0 Å². The predicted octanol–water partition coefficient (Wildman–Crippen LogP) is 3.70. The van der Waals surface area contributed by atoms with Gasteiger partial charge in [-0.25, -0.2) is 4.98 Å². The van der Waals surface area contributed by atoms with Gasteiger partial charge >= 0.3 is 0 Å². The number of rotatable bonds is 5. The SMILES string of the molecule is CC(C)Cn1ccnc1NCc1cccc2cccnc12. The van der Waals surface area contributed by atoms with Gasteiger partial charge in [-0.1, -0.05) is 38.1 Å². The van der Waals surface area contributed by atoms with E-state index in [0.29, 0.717) is 5.92 Å². The van der Waals surface area contributed by atoms with E-state index in [4.69, 9.17) is 0 Å². The summed E-state index contributed by atoms with van der Waals surface area (Å²) >= 11 is 0. The molecule has 0 aliphatic rings. The molecule has 0 bridgehead atoms. The number of nitrogens with one attached hydrogen (secondary N) is 1. The molecule has 0 atom stereocenters. The molecule has 3 rings (SSSR count). The van der Waals surface area contributed by atoms with Gasteiger partial charge in [0.25, 0.3) is 0 Å². The van der Waals surface area contributed by atoms with Crippen LogP contribution in [-0.4, -0.2) is 14.5 Å². The third-order valence-corrected chi connectivity index (χ3v) is 3.43. The van der Waals surface area contributed by atoms with Crippen molar-refractivity contribution in [3.63, 3.8) is 0 Å². The molecule has 0 aliphatic heterocycles. The van der Waals surface area contributed by atoms with Crippen molar-refractivity contribution in [3.8, 4) is 0 Å². The standard InChI is InChI=1S/C17H20N4/c1-13(2)12-21-10-9-19-17(21)20-11-15-6-3-5-14-7-4-8-18-16(14)15/h3-10,13H,11-12H2,1-2H3,(H,19,20). The van der Waals surface area contributed by atoms with E-state index in [2.05, 4.69) is 58.0 Å². The molecule has 0 aliphatic carbocycles. The highest BCUT2D eigenvalue weighted by Crippen LogP contribution is 2.17. The number of para-hydroxylation sites is 1. The summed E-state index contributed by atoms with van der Waals surface area (Å²) in [6.07, 6.45) is 5.70. The van der Waals surface area contributed by atoms with Gasteiger partial charge in [-0.2, -0.15) is 0 Å². The third-order valence-electron chi connectivity index (χ3n) is 3.43. The molecular formula is C17H20N4. The Hall–Kier alpha value is -2.36. The Kier molecular flexibility index (Phi) is 3.86. The summed E-state index contributed by atoms with van der Waals surface area (Å²) in [5.74, 6) is 1.51. The molecule has 0 radical (unpaired) electrons. The first kappa shape index (κ1) is 13.6. The lowest BCUT2D eigenvalue weighted by Crippen LogP contribution is -2.10. The molecular weight excluding hydrogens is 260 g/mol. The van der Waals surface area contributed by atoms with Gasteiger partial charge in [0.2, 0.25) is 5.95 Å². The van der Waals surface area contributed by atoms with Crippen LogP contribution in [0.25, 0.3) is 10.9 Å². The van der Waals surface area contributed by atoms with Crippen LogP contribution in [0.5, 0.6) is 0 Å². The van der Waals surface area contributed by atoms with E-state index in [1.54, 1.807) is 0 Å². The molecule has 2 heterocycles. The lowest BCUT2D eigenvalue weighted by Gasteiger charge is -2.12.